The van der Waals surface area contributed by atoms with Crippen LogP contribution >= 0.6 is 0 Å². The zero-order chi connectivity index (χ0) is 6.48. The molecule has 0 unspecified atom stereocenters. The first-order chi connectivity index (χ1) is 4.18. The van der Waals surface area contributed by atoms with E-state index in [9.17, 15) is 5.11 Å². The van der Waals surface area contributed by atoms with Crippen molar-refractivity contribution in [2.24, 2.45) is 5.92 Å². The molecule has 52 valence electrons. The predicted molar refractivity (Wildman–Crippen MR) is 35.1 cm³/mol. The van der Waals surface area contributed by atoms with Crippen molar-refractivity contribution >= 4 is 0 Å². The van der Waals surface area contributed by atoms with Crippen LogP contribution in [0.4, 0.5) is 0 Å². The molecule has 1 saturated carbocycles. The number of hydrogen-bond acceptors (Lipinski definition) is 2. The maximum atomic E-state index is 9.64. The van der Waals surface area contributed by atoms with Gasteiger partial charge in [-0.1, -0.05) is 0 Å². The van der Waals surface area contributed by atoms with Crippen molar-refractivity contribution in [3.05, 3.63) is 0 Å². The Kier molecular flexibility index (Phi) is 0.945. The normalized spacial score (nSPS) is 56.7. The van der Waals surface area contributed by atoms with E-state index in [1.807, 2.05) is 6.92 Å². The molecule has 2 bridgehead atoms. The molecule has 1 heterocycles. The molecule has 2 heteroatoms. The van der Waals surface area contributed by atoms with Crippen molar-refractivity contribution in [1.29, 1.82) is 0 Å². The maximum Gasteiger partial charge on any atom is 0.0675 e. The lowest BCUT2D eigenvalue weighted by Gasteiger charge is -2.28. The van der Waals surface area contributed by atoms with Crippen LogP contribution in [-0.2, 0) is 0 Å². The van der Waals surface area contributed by atoms with Crippen molar-refractivity contribution in [1.82, 2.24) is 5.32 Å². The van der Waals surface area contributed by atoms with E-state index in [4.69, 9.17) is 0 Å². The van der Waals surface area contributed by atoms with Crippen molar-refractivity contribution in [2.45, 2.75) is 31.4 Å². The number of fused-ring (bicyclic) bond motifs is 2. The smallest absolute Gasteiger partial charge is 0.0675 e. The standard InChI is InChI=1S/C7H13NO/c1-7(9)3-6-2-5(7)4-8-6/h5-6,8-9H,2-4H2,1H3/t5-,6-,7-/m0/s1. The Balaban J connectivity index is 2.18. The first kappa shape index (κ1) is 5.69. The maximum absolute atomic E-state index is 9.64. The summed E-state index contributed by atoms with van der Waals surface area (Å²) in [6.07, 6.45) is 2.14. The summed E-state index contributed by atoms with van der Waals surface area (Å²) in [6, 6.07) is 0.616. The predicted octanol–water partition coefficient (Wildman–Crippen LogP) is 0.119. The molecule has 0 aromatic heterocycles. The molecule has 3 atom stereocenters. The molecule has 2 N–H and O–H groups in total. The van der Waals surface area contributed by atoms with Gasteiger partial charge >= 0.3 is 0 Å². The van der Waals surface area contributed by atoms with Gasteiger partial charge in [0.1, 0.15) is 0 Å². The Hall–Kier alpha value is -0.0800. The summed E-state index contributed by atoms with van der Waals surface area (Å²) in [6.45, 7) is 2.98. The van der Waals surface area contributed by atoms with Gasteiger partial charge in [0.15, 0.2) is 0 Å². The summed E-state index contributed by atoms with van der Waals surface area (Å²) in [5.74, 6) is 0.530. The highest BCUT2D eigenvalue weighted by molar-refractivity contribution is 5.02. The van der Waals surface area contributed by atoms with E-state index < -0.39 is 0 Å². The molecule has 2 fully saturated rings. The monoisotopic (exact) mass is 127 g/mol. The molecular formula is C7H13NO. The second-order valence-electron chi connectivity index (χ2n) is 3.60. The van der Waals surface area contributed by atoms with E-state index in [1.54, 1.807) is 0 Å². The molecule has 2 aliphatic rings. The first-order valence-corrected chi connectivity index (χ1v) is 3.64. The van der Waals surface area contributed by atoms with Crippen LogP contribution in [0.15, 0.2) is 0 Å². The Morgan fingerprint density at radius 2 is 2.44 bits per heavy atom. The van der Waals surface area contributed by atoms with E-state index in [1.165, 1.54) is 6.42 Å². The average Bonchev–Trinajstić information content (AvgIpc) is 2.19. The fraction of sp³-hybridized carbons (Fsp3) is 1.00. The average molecular weight is 127 g/mol. The van der Waals surface area contributed by atoms with Gasteiger partial charge in [-0.15, -0.1) is 0 Å². The van der Waals surface area contributed by atoms with Crippen molar-refractivity contribution < 1.29 is 5.11 Å². The van der Waals surface area contributed by atoms with E-state index in [0.29, 0.717) is 12.0 Å². The Bertz CT molecular complexity index is 133. The zero-order valence-electron chi connectivity index (χ0n) is 5.72. The highest BCUT2D eigenvalue weighted by Gasteiger charge is 2.46. The number of nitrogens with one attached hydrogen (secondary N) is 1. The van der Waals surface area contributed by atoms with Crippen molar-refractivity contribution in [2.75, 3.05) is 6.54 Å². The number of piperidine rings is 1. The molecule has 0 spiro atoms. The molecular weight excluding hydrogens is 114 g/mol. The lowest BCUT2D eigenvalue weighted by molar-refractivity contribution is 0.0117. The third-order valence-corrected chi connectivity index (χ3v) is 2.76. The molecule has 9 heavy (non-hydrogen) atoms. The lowest BCUT2D eigenvalue weighted by atomic mass is 9.92. The van der Waals surface area contributed by atoms with Crippen LogP contribution in [-0.4, -0.2) is 23.3 Å². The zero-order valence-corrected chi connectivity index (χ0v) is 5.72. The highest BCUT2D eigenvalue weighted by Crippen LogP contribution is 2.39. The fourth-order valence-corrected chi connectivity index (χ4v) is 2.11. The summed E-state index contributed by atoms with van der Waals surface area (Å²) < 4.78 is 0. The third kappa shape index (κ3) is 0.700. The van der Waals surface area contributed by atoms with E-state index in [0.717, 1.165) is 13.0 Å². The number of aliphatic hydroxyl groups is 1. The first-order valence-electron chi connectivity index (χ1n) is 3.64. The quantitative estimate of drug-likeness (QED) is 0.484. The minimum atomic E-state index is -0.351. The van der Waals surface area contributed by atoms with Crippen LogP contribution in [0, 0.1) is 5.92 Å². The number of rotatable bonds is 0. The van der Waals surface area contributed by atoms with Gasteiger partial charge in [-0.3, -0.25) is 0 Å². The summed E-state index contributed by atoms with van der Waals surface area (Å²) in [7, 11) is 0. The SMILES string of the molecule is C[C@]1(O)C[C@@H]2C[C@H]1CN2. The molecule has 0 aromatic carbocycles. The molecule has 1 aliphatic heterocycles. The van der Waals surface area contributed by atoms with Crippen LogP contribution in [0.3, 0.4) is 0 Å². The van der Waals surface area contributed by atoms with Crippen LogP contribution in [0.1, 0.15) is 19.8 Å². The van der Waals surface area contributed by atoms with Crippen LogP contribution < -0.4 is 5.32 Å². The second-order valence-corrected chi connectivity index (χ2v) is 3.60. The summed E-state index contributed by atoms with van der Waals surface area (Å²) in [5.41, 5.74) is -0.351. The van der Waals surface area contributed by atoms with Gasteiger partial charge in [-0.05, 0) is 19.8 Å². The van der Waals surface area contributed by atoms with E-state index in [-0.39, 0.29) is 5.60 Å². The second kappa shape index (κ2) is 1.50. The minimum absolute atomic E-state index is 0.351. The van der Waals surface area contributed by atoms with E-state index >= 15 is 0 Å². The Morgan fingerprint density at radius 3 is 2.67 bits per heavy atom. The molecule has 2 nitrogen and oxygen atoms in total. The van der Waals surface area contributed by atoms with Crippen molar-refractivity contribution in [3.63, 3.8) is 0 Å². The van der Waals surface area contributed by atoms with Gasteiger partial charge in [-0.25, -0.2) is 0 Å². The molecule has 0 amide bonds. The lowest BCUT2D eigenvalue weighted by Crippen LogP contribution is -2.40. The van der Waals surface area contributed by atoms with Crippen LogP contribution in [0.5, 0.6) is 0 Å². The molecule has 2 rings (SSSR count). The minimum Gasteiger partial charge on any atom is -0.390 e. The van der Waals surface area contributed by atoms with Crippen molar-refractivity contribution in [3.8, 4) is 0 Å². The Morgan fingerprint density at radius 1 is 1.67 bits per heavy atom. The molecule has 1 saturated heterocycles. The van der Waals surface area contributed by atoms with Gasteiger partial charge in [0.2, 0.25) is 0 Å². The van der Waals surface area contributed by atoms with E-state index in [2.05, 4.69) is 5.32 Å². The fourth-order valence-electron chi connectivity index (χ4n) is 2.11. The van der Waals surface area contributed by atoms with Gasteiger partial charge in [0, 0.05) is 18.5 Å². The summed E-state index contributed by atoms with van der Waals surface area (Å²) >= 11 is 0. The largest absolute Gasteiger partial charge is 0.390 e. The molecule has 0 radical (unpaired) electrons. The summed E-state index contributed by atoms with van der Waals surface area (Å²) in [5, 5.41) is 13.0. The van der Waals surface area contributed by atoms with Gasteiger partial charge in [0.25, 0.3) is 0 Å². The third-order valence-electron chi connectivity index (χ3n) is 2.76. The van der Waals surface area contributed by atoms with Crippen LogP contribution in [0.25, 0.3) is 0 Å². The van der Waals surface area contributed by atoms with Gasteiger partial charge < -0.3 is 10.4 Å². The summed E-state index contributed by atoms with van der Waals surface area (Å²) in [4.78, 5) is 0. The Labute approximate surface area is 55.3 Å². The highest BCUT2D eigenvalue weighted by atomic mass is 16.3. The van der Waals surface area contributed by atoms with Crippen LogP contribution in [0.2, 0.25) is 0 Å². The number of hydrogen-bond donors (Lipinski definition) is 2. The van der Waals surface area contributed by atoms with Gasteiger partial charge in [0.05, 0.1) is 5.60 Å². The topological polar surface area (TPSA) is 32.3 Å². The molecule has 0 aromatic rings. The molecule has 1 aliphatic carbocycles. The van der Waals surface area contributed by atoms with Gasteiger partial charge in [-0.2, -0.15) is 0 Å².